The van der Waals surface area contributed by atoms with Crippen molar-refractivity contribution in [1.82, 2.24) is 14.5 Å². The molecule has 1 aromatic carbocycles. The van der Waals surface area contributed by atoms with Crippen LogP contribution in [0.15, 0.2) is 24.3 Å². The Morgan fingerprint density at radius 3 is 2.78 bits per heavy atom. The Hall–Kier alpha value is -1.55. The minimum absolute atomic E-state index is 0.498. The van der Waals surface area contributed by atoms with Gasteiger partial charge in [-0.2, -0.15) is 0 Å². The average molecular weight is 242 g/mol. The monoisotopic (exact) mass is 242 g/mol. The Labute approximate surface area is 106 Å². The number of anilines is 1. The van der Waals surface area contributed by atoms with Crippen molar-refractivity contribution >= 4 is 17.0 Å². The van der Waals surface area contributed by atoms with Gasteiger partial charge in [0.05, 0.1) is 17.1 Å². The average Bonchev–Trinajstić information content (AvgIpc) is 3.01. The number of hydrogen-bond donors (Lipinski definition) is 1. The highest BCUT2D eigenvalue weighted by molar-refractivity contribution is 5.78. The molecule has 4 heteroatoms. The van der Waals surface area contributed by atoms with Crippen molar-refractivity contribution in [2.24, 2.45) is 0 Å². The van der Waals surface area contributed by atoms with E-state index in [9.17, 15) is 0 Å². The topological polar surface area (TPSA) is 47.1 Å². The van der Waals surface area contributed by atoms with Crippen LogP contribution in [0.1, 0.15) is 25.3 Å². The third kappa shape index (κ3) is 1.52. The van der Waals surface area contributed by atoms with Crippen molar-refractivity contribution in [3.63, 3.8) is 0 Å². The molecule has 4 rings (SSSR count). The number of para-hydroxylation sites is 2. The van der Waals surface area contributed by atoms with Crippen LogP contribution < -0.4 is 5.73 Å². The fourth-order valence-corrected chi connectivity index (χ4v) is 3.20. The lowest BCUT2D eigenvalue weighted by atomic mass is 10.2. The summed E-state index contributed by atoms with van der Waals surface area (Å²) in [7, 11) is 0. The van der Waals surface area contributed by atoms with E-state index in [1.54, 1.807) is 0 Å². The van der Waals surface area contributed by atoms with E-state index in [2.05, 4.69) is 26.6 Å². The van der Waals surface area contributed by atoms with Crippen LogP contribution in [0.5, 0.6) is 0 Å². The minimum Gasteiger partial charge on any atom is -0.369 e. The predicted molar refractivity (Wildman–Crippen MR) is 72.4 cm³/mol. The van der Waals surface area contributed by atoms with Gasteiger partial charge in [0.1, 0.15) is 0 Å². The van der Waals surface area contributed by atoms with Gasteiger partial charge in [-0.25, -0.2) is 4.98 Å². The molecule has 2 fully saturated rings. The fraction of sp³-hybridized carbons (Fsp3) is 0.500. The molecule has 2 N–H and O–H groups in total. The highest BCUT2D eigenvalue weighted by atomic mass is 15.3. The van der Waals surface area contributed by atoms with Gasteiger partial charge in [0.25, 0.3) is 0 Å². The van der Waals surface area contributed by atoms with Crippen molar-refractivity contribution in [3.8, 4) is 0 Å². The Balaban J connectivity index is 1.71. The molecular weight excluding hydrogens is 224 g/mol. The van der Waals surface area contributed by atoms with Gasteiger partial charge in [0.15, 0.2) is 0 Å². The molecule has 2 aromatic rings. The van der Waals surface area contributed by atoms with Crippen LogP contribution in [0.3, 0.4) is 0 Å². The van der Waals surface area contributed by atoms with Crippen molar-refractivity contribution in [2.45, 2.75) is 31.3 Å². The standard InChI is InChI=1S/C14H18N4/c15-14-16-12-3-1-2-4-13(12)18(14)11-7-8-17(9-11)10-5-6-10/h1-4,10-11H,5-9H2,(H2,15,16). The molecule has 0 spiro atoms. The Bertz CT molecular complexity index is 584. The molecule has 0 amide bonds. The molecule has 2 heterocycles. The summed E-state index contributed by atoms with van der Waals surface area (Å²) in [5, 5.41) is 0. The second kappa shape index (κ2) is 3.72. The van der Waals surface area contributed by atoms with Crippen LogP contribution in [0, 0.1) is 0 Å². The zero-order chi connectivity index (χ0) is 12.1. The van der Waals surface area contributed by atoms with Gasteiger partial charge < -0.3 is 10.3 Å². The van der Waals surface area contributed by atoms with Gasteiger partial charge in [0, 0.05) is 19.1 Å². The molecule has 0 bridgehead atoms. The Morgan fingerprint density at radius 1 is 1.11 bits per heavy atom. The van der Waals surface area contributed by atoms with Gasteiger partial charge in [-0.05, 0) is 31.4 Å². The molecule has 18 heavy (non-hydrogen) atoms. The summed E-state index contributed by atoms with van der Waals surface area (Å²) in [5.74, 6) is 0.666. The number of imidazole rings is 1. The van der Waals surface area contributed by atoms with Crippen LogP contribution in [0.25, 0.3) is 11.0 Å². The first-order valence-electron chi connectivity index (χ1n) is 6.79. The van der Waals surface area contributed by atoms with E-state index in [4.69, 9.17) is 5.73 Å². The molecule has 0 radical (unpaired) electrons. The molecule has 1 aliphatic heterocycles. The Kier molecular flexibility index (Phi) is 2.14. The molecule has 1 aromatic heterocycles. The minimum atomic E-state index is 0.498. The summed E-state index contributed by atoms with van der Waals surface area (Å²) in [5.41, 5.74) is 8.30. The van der Waals surface area contributed by atoms with Crippen LogP contribution >= 0.6 is 0 Å². The molecule has 1 aliphatic carbocycles. The van der Waals surface area contributed by atoms with Gasteiger partial charge >= 0.3 is 0 Å². The number of likely N-dealkylation sites (tertiary alicyclic amines) is 1. The quantitative estimate of drug-likeness (QED) is 0.876. The third-order valence-electron chi connectivity index (χ3n) is 4.25. The number of rotatable bonds is 2. The number of hydrogen-bond acceptors (Lipinski definition) is 3. The van der Waals surface area contributed by atoms with Gasteiger partial charge in [-0.1, -0.05) is 12.1 Å². The molecule has 1 atom stereocenters. The molecular formula is C14H18N4. The van der Waals surface area contributed by atoms with E-state index in [1.165, 1.54) is 31.3 Å². The highest BCUT2D eigenvalue weighted by Crippen LogP contribution is 2.35. The van der Waals surface area contributed by atoms with Gasteiger partial charge in [0.2, 0.25) is 5.95 Å². The number of nitrogens with zero attached hydrogens (tertiary/aromatic N) is 3. The number of benzene rings is 1. The Morgan fingerprint density at radius 2 is 1.94 bits per heavy atom. The van der Waals surface area contributed by atoms with Crippen LogP contribution in [0.4, 0.5) is 5.95 Å². The number of nitrogen functional groups attached to an aromatic ring is 1. The maximum Gasteiger partial charge on any atom is 0.201 e. The SMILES string of the molecule is Nc1nc2ccccc2n1C1CCN(C2CC2)C1. The molecule has 4 nitrogen and oxygen atoms in total. The van der Waals surface area contributed by atoms with Crippen LogP contribution in [0.2, 0.25) is 0 Å². The van der Waals surface area contributed by atoms with E-state index in [0.717, 1.165) is 18.1 Å². The lowest BCUT2D eigenvalue weighted by molar-refractivity contribution is 0.315. The van der Waals surface area contributed by atoms with E-state index in [0.29, 0.717) is 12.0 Å². The van der Waals surface area contributed by atoms with E-state index < -0.39 is 0 Å². The van der Waals surface area contributed by atoms with Crippen molar-refractivity contribution < 1.29 is 0 Å². The number of aromatic nitrogens is 2. The molecule has 94 valence electrons. The summed E-state index contributed by atoms with van der Waals surface area (Å²) in [6, 6.07) is 9.59. The number of nitrogens with two attached hydrogens (primary N) is 1. The van der Waals surface area contributed by atoms with Crippen LogP contribution in [-0.4, -0.2) is 33.6 Å². The van der Waals surface area contributed by atoms with Crippen molar-refractivity contribution in [1.29, 1.82) is 0 Å². The normalized spacial score (nSPS) is 25.0. The van der Waals surface area contributed by atoms with Gasteiger partial charge in [-0.15, -0.1) is 0 Å². The first-order valence-corrected chi connectivity index (χ1v) is 6.79. The van der Waals surface area contributed by atoms with Gasteiger partial charge in [-0.3, -0.25) is 4.90 Å². The maximum absolute atomic E-state index is 6.10. The summed E-state index contributed by atoms with van der Waals surface area (Å²) in [6.07, 6.45) is 3.96. The van der Waals surface area contributed by atoms with Crippen molar-refractivity contribution in [2.75, 3.05) is 18.8 Å². The van der Waals surface area contributed by atoms with Crippen LogP contribution in [-0.2, 0) is 0 Å². The lowest BCUT2D eigenvalue weighted by Crippen LogP contribution is -2.24. The van der Waals surface area contributed by atoms with E-state index in [-0.39, 0.29) is 0 Å². The van der Waals surface area contributed by atoms with E-state index >= 15 is 0 Å². The summed E-state index contributed by atoms with van der Waals surface area (Å²) in [6.45, 7) is 2.34. The van der Waals surface area contributed by atoms with E-state index in [1.807, 2.05) is 12.1 Å². The first-order chi connectivity index (χ1) is 8.83. The molecule has 2 aliphatic rings. The summed E-state index contributed by atoms with van der Waals surface area (Å²) in [4.78, 5) is 7.08. The molecule has 1 saturated carbocycles. The lowest BCUT2D eigenvalue weighted by Gasteiger charge is -2.17. The molecule has 1 unspecified atom stereocenters. The summed E-state index contributed by atoms with van der Waals surface area (Å²) >= 11 is 0. The highest BCUT2D eigenvalue weighted by Gasteiger charge is 2.35. The smallest absolute Gasteiger partial charge is 0.201 e. The zero-order valence-electron chi connectivity index (χ0n) is 10.4. The fourth-order valence-electron chi connectivity index (χ4n) is 3.20. The largest absolute Gasteiger partial charge is 0.369 e. The number of fused-ring (bicyclic) bond motifs is 1. The van der Waals surface area contributed by atoms with Crippen molar-refractivity contribution in [3.05, 3.63) is 24.3 Å². The second-order valence-electron chi connectivity index (χ2n) is 5.50. The maximum atomic E-state index is 6.10. The zero-order valence-corrected chi connectivity index (χ0v) is 10.4. The predicted octanol–water partition coefficient (Wildman–Crippen LogP) is 2.03. The second-order valence-corrected chi connectivity index (χ2v) is 5.50. The summed E-state index contributed by atoms with van der Waals surface area (Å²) < 4.78 is 2.23. The first kappa shape index (κ1) is 10.4. The molecule has 1 saturated heterocycles. The third-order valence-corrected chi connectivity index (χ3v) is 4.25.